The number of hydrogen-bond donors (Lipinski definition) is 3. The fourth-order valence-electron chi connectivity index (χ4n) is 2.93. The molecule has 0 saturated carbocycles. The van der Waals surface area contributed by atoms with Gasteiger partial charge in [-0.3, -0.25) is 13.7 Å². The van der Waals surface area contributed by atoms with Crippen LogP contribution in [0.25, 0.3) is 0 Å². The summed E-state index contributed by atoms with van der Waals surface area (Å²) in [4.78, 5) is -1.07. The normalized spacial score (nSPS) is 13.1. The Morgan fingerprint density at radius 1 is 0.469 bits per heavy atom. The second-order valence-corrected chi connectivity index (χ2v) is 15.2. The lowest BCUT2D eigenvalue weighted by molar-refractivity contribution is 0.481. The van der Waals surface area contributed by atoms with Crippen LogP contribution >= 0.6 is 6.04 Å². The third kappa shape index (κ3) is 5.00. The quantitative estimate of drug-likeness (QED) is 0.309. The molecule has 3 aromatic carbocycles. The molecule has 0 unspecified atom stereocenters. The van der Waals surface area contributed by atoms with E-state index in [4.69, 9.17) is 11.8 Å². The van der Waals surface area contributed by atoms with Gasteiger partial charge in [0.2, 0.25) is 0 Å². The van der Waals surface area contributed by atoms with Crippen molar-refractivity contribution in [2.24, 2.45) is 0 Å². The molecule has 14 heteroatoms. The lowest BCUT2D eigenvalue weighted by atomic mass is 10.3. The minimum atomic E-state index is -4.45. The van der Waals surface area contributed by atoms with Crippen molar-refractivity contribution in [3.63, 3.8) is 0 Å². The Hall–Kier alpha value is -1.96. The first-order chi connectivity index (χ1) is 14.6. The van der Waals surface area contributed by atoms with Crippen molar-refractivity contribution in [1.82, 2.24) is 0 Å². The Morgan fingerprint density at radius 2 is 0.656 bits per heavy atom. The van der Waals surface area contributed by atoms with E-state index in [2.05, 4.69) is 0 Å². The summed E-state index contributed by atoms with van der Waals surface area (Å²) < 4.78 is 95.9. The molecule has 3 rings (SSSR count). The molecule has 0 heterocycles. The van der Waals surface area contributed by atoms with Gasteiger partial charge >= 0.3 is 0 Å². The van der Waals surface area contributed by atoms with E-state index in [-0.39, 0.29) is 14.7 Å². The lowest BCUT2D eigenvalue weighted by Crippen LogP contribution is -2.25. The highest BCUT2D eigenvalue weighted by atomic mass is 32.4. The monoisotopic (exact) mass is 534 g/mol. The molecule has 3 aromatic rings. The minimum absolute atomic E-state index is 0.355. The van der Waals surface area contributed by atoms with Crippen LogP contribution in [0.4, 0.5) is 0 Å². The Morgan fingerprint density at radius 3 is 0.812 bits per heavy atom. The van der Waals surface area contributed by atoms with Crippen molar-refractivity contribution in [1.29, 1.82) is 0 Å². The fraction of sp³-hybridized carbons (Fsp3) is 0. The molecule has 0 radical (unpaired) electrons. The van der Waals surface area contributed by atoms with E-state index in [1.54, 1.807) is 0 Å². The molecule has 0 bridgehead atoms. The van der Waals surface area contributed by atoms with Gasteiger partial charge in [0.1, 0.15) is 0 Å². The Bertz CT molecular complexity index is 1340. The molecule has 170 valence electrons. The molecule has 0 spiro atoms. The van der Waals surface area contributed by atoms with Gasteiger partial charge in [-0.1, -0.05) is 48.2 Å². The summed E-state index contributed by atoms with van der Waals surface area (Å²) in [5, 5.41) is 1.37. The highest BCUT2D eigenvalue weighted by Gasteiger charge is 2.27. The smallest absolute Gasteiger partial charge is 0.282 e. The summed E-state index contributed by atoms with van der Waals surface area (Å²) in [7, 11) is -13.3. The van der Waals surface area contributed by atoms with E-state index < -0.39 is 36.4 Å². The summed E-state index contributed by atoms with van der Waals surface area (Å²) in [6.07, 6.45) is 0. The van der Waals surface area contributed by atoms with Gasteiger partial charge in [-0.25, -0.2) is 0 Å². The van der Waals surface area contributed by atoms with Gasteiger partial charge < -0.3 is 0 Å². The molecule has 0 aliphatic heterocycles. The van der Waals surface area contributed by atoms with E-state index in [9.17, 15) is 38.9 Å². The second kappa shape index (κ2) is 8.43. The molecule has 0 saturated heterocycles. The first-order valence-electron chi connectivity index (χ1n) is 8.48. The van der Waals surface area contributed by atoms with Gasteiger partial charge in [0.05, 0.1) is 14.7 Å². The van der Waals surface area contributed by atoms with Crippen LogP contribution in [0.1, 0.15) is 0 Å². The average molecular weight is 535 g/mol. The van der Waals surface area contributed by atoms with E-state index in [1.165, 1.54) is 36.4 Å². The largest absolute Gasteiger partial charge is 0.294 e. The molecule has 9 nitrogen and oxygen atoms in total. The molecule has 0 amide bonds. The molecule has 0 aliphatic carbocycles. The first-order valence-corrected chi connectivity index (χ1v) is 15.6. The maximum absolute atomic E-state index is 11.4. The van der Waals surface area contributed by atoms with E-state index in [0.29, 0.717) is 15.9 Å². The van der Waals surface area contributed by atoms with E-state index in [0.717, 1.165) is 36.4 Å². The molecule has 0 aliphatic rings. The van der Waals surface area contributed by atoms with E-state index >= 15 is 0 Å². The third-order valence-corrected chi connectivity index (χ3v) is 12.1. The Kier molecular flexibility index (Phi) is 6.50. The number of benzene rings is 3. The molecule has 0 aromatic heterocycles. The third-order valence-electron chi connectivity index (χ3n) is 4.49. The second-order valence-electron chi connectivity index (χ2n) is 6.52. The highest BCUT2D eigenvalue weighted by Crippen LogP contribution is 2.43. The van der Waals surface area contributed by atoms with Crippen molar-refractivity contribution < 1.29 is 38.9 Å². The summed E-state index contributed by atoms with van der Waals surface area (Å²) in [5.74, 6) is 0. The summed E-state index contributed by atoms with van der Waals surface area (Å²) in [6.45, 7) is 0. The molecule has 0 atom stereocenters. The van der Waals surface area contributed by atoms with Crippen molar-refractivity contribution >= 4 is 64.1 Å². The summed E-state index contributed by atoms with van der Waals surface area (Å²) in [6, 6.07) is 12.4. The van der Waals surface area contributed by atoms with Crippen LogP contribution in [0.2, 0.25) is 0 Å². The lowest BCUT2D eigenvalue weighted by Gasteiger charge is -2.24. The van der Waals surface area contributed by atoms with Crippen LogP contribution in [0.3, 0.4) is 0 Å². The molecule has 32 heavy (non-hydrogen) atoms. The zero-order valence-electron chi connectivity index (χ0n) is 15.8. The Labute approximate surface area is 190 Å². The topological polar surface area (TPSA) is 163 Å². The van der Waals surface area contributed by atoms with Crippen LogP contribution in [0.5, 0.6) is 0 Å². The first kappa shape index (κ1) is 24.7. The maximum Gasteiger partial charge on any atom is 0.294 e. The zero-order chi connectivity index (χ0) is 23.9. The molecule has 3 N–H and O–H groups in total. The van der Waals surface area contributed by atoms with Gasteiger partial charge in [-0.05, 0) is 52.3 Å². The highest BCUT2D eigenvalue weighted by molar-refractivity contribution is 8.25. The fourth-order valence-corrected chi connectivity index (χ4v) is 8.07. The van der Waals surface area contributed by atoms with E-state index in [1.807, 2.05) is 0 Å². The molecular formula is C18H15O9PS4. The predicted octanol–water partition coefficient (Wildman–Crippen LogP) is 1.18. The van der Waals surface area contributed by atoms with Crippen LogP contribution in [0, 0.1) is 0 Å². The van der Waals surface area contributed by atoms with Crippen molar-refractivity contribution in [3.8, 4) is 0 Å². The number of rotatable bonds is 6. The average Bonchev–Trinajstić information content (AvgIpc) is 2.71. The number of hydrogen-bond acceptors (Lipinski definition) is 7. The van der Waals surface area contributed by atoms with Crippen LogP contribution in [-0.4, -0.2) is 38.9 Å². The Balaban J connectivity index is 2.25. The minimum Gasteiger partial charge on any atom is -0.282 e. The van der Waals surface area contributed by atoms with Gasteiger partial charge in [-0.15, -0.1) is 0 Å². The van der Waals surface area contributed by atoms with Crippen LogP contribution in [0.15, 0.2) is 87.5 Å². The van der Waals surface area contributed by atoms with Crippen molar-refractivity contribution in [2.45, 2.75) is 14.7 Å². The molecular weight excluding hydrogens is 519 g/mol. The SMILES string of the molecule is O=S(=O)(O)c1ccc(P(=S)(c2ccc(S(=O)(=O)O)cc2)c2ccc(S(=O)(=O)O)cc2)cc1. The van der Waals surface area contributed by atoms with Crippen molar-refractivity contribution in [3.05, 3.63) is 72.8 Å². The molecule has 0 fully saturated rings. The maximum atomic E-state index is 11.4. The van der Waals surface area contributed by atoms with Crippen LogP contribution in [-0.2, 0) is 42.2 Å². The van der Waals surface area contributed by atoms with Gasteiger partial charge in [0.25, 0.3) is 30.4 Å². The summed E-state index contributed by atoms with van der Waals surface area (Å²) in [5.41, 5.74) is 0. The zero-order valence-corrected chi connectivity index (χ0v) is 20.0. The van der Waals surface area contributed by atoms with Crippen LogP contribution < -0.4 is 15.9 Å². The standard InChI is InChI=1S/C18H15O9PS4/c19-30(20,21)16-7-1-13(2-8-16)28(29,14-3-9-17(10-4-14)31(22,23)24)15-5-11-18(12-6-15)32(25,26)27/h1-12H,(H,19,20,21)(H,22,23,24)(H,25,26,27). The van der Waals surface area contributed by atoms with Gasteiger partial charge in [0, 0.05) is 6.04 Å². The predicted molar refractivity (Wildman–Crippen MR) is 122 cm³/mol. The van der Waals surface area contributed by atoms with Gasteiger partial charge in [-0.2, -0.15) is 25.3 Å². The summed E-state index contributed by atoms with van der Waals surface area (Å²) >= 11 is 5.99. The van der Waals surface area contributed by atoms with Gasteiger partial charge in [0.15, 0.2) is 0 Å². The van der Waals surface area contributed by atoms with Crippen molar-refractivity contribution in [2.75, 3.05) is 0 Å².